The highest BCUT2D eigenvalue weighted by molar-refractivity contribution is 5.58. The Labute approximate surface area is 84.5 Å². The Hall–Kier alpha value is -1.15. The molecule has 1 atom stereocenters. The van der Waals surface area contributed by atoms with E-state index in [-0.39, 0.29) is 6.04 Å². The molecule has 2 heteroatoms. The molecule has 0 aromatic heterocycles. The molecule has 0 unspecified atom stereocenters. The third-order valence-corrected chi connectivity index (χ3v) is 2.80. The number of likely N-dealkylation sites (tertiary alicyclic amines) is 1. The molecule has 2 rings (SSSR count). The van der Waals surface area contributed by atoms with Crippen LogP contribution in [0.3, 0.4) is 0 Å². The predicted octanol–water partition coefficient (Wildman–Crippen LogP) is 1.85. The zero-order chi connectivity index (χ0) is 9.80. The van der Waals surface area contributed by atoms with Gasteiger partial charge in [-0.2, -0.15) is 0 Å². The van der Waals surface area contributed by atoms with E-state index in [9.17, 15) is 4.79 Å². The maximum atomic E-state index is 10.8. The van der Waals surface area contributed by atoms with Gasteiger partial charge in [0, 0.05) is 6.54 Å². The van der Waals surface area contributed by atoms with Gasteiger partial charge in [-0.3, -0.25) is 4.90 Å². The molecule has 0 saturated carbocycles. The molecule has 1 saturated heterocycles. The van der Waals surface area contributed by atoms with Gasteiger partial charge in [0.2, 0.25) is 0 Å². The fraction of sp³-hybridized carbons (Fsp3) is 0.417. The zero-order valence-corrected chi connectivity index (χ0v) is 8.23. The van der Waals surface area contributed by atoms with Gasteiger partial charge in [0.05, 0.1) is 6.04 Å². The second kappa shape index (κ2) is 4.38. The lowest BCUT2D eigenvalue weighted by atomic mass is 10.2. The van der Waals surface area contributed by atoms with Crippen molar-refractivity contribution in [1.82, 2.24) is 4.90 Å². The molecule has 2 nitrogen and oxygen atoms in total. The summed E-state index contributed by atoms with van der Waals surface area (Å²) in [6, 6.07) is 10.5. The Morgan fingerprint density at radius 3 is 2.86 bits per heavy atom. The molecule has 0 N–H and O–H groups in total. The molecule has 1 aliphatic rings. The third kappa shape index (κ3) is 2.02. The van der Waals surface area contributed by atoms with E-state index in [0.29, 0.717) is 0 Å². The van der Waals surface area contributed by atoms with E-state index in [2.05, 4.69) is 17.0 Å². The normalized spacial score (nSPS) is 22.4. The second-order valence-corrected chi connectivity index (χ2v) is 3.80. The number of benzene rings is 1. The van der Waals surface area contributed by atoms with Crippen LogP contribution in [0.4, 0.5) is 0 Å². The Kier molecular flexibility index (Phi) is 2.94. The Morgan fingerprint density at radius 1 is 1.36 bits per heavy atom. The number of nitrogens with zero attached hydrogens (tertiary/aromatic N) is 1. The summed E-state index contributed by atoms with van der Waals surface area (Å²) in [6.45, 7) is 1.96. The van der Waals surface area contributed by atoms with Gasteiger partial charge in [0.15, 0.2) is 0 Å². The summed E-state index contributed by atoms with van der Waals surface area (Å²) >= 11 is 0. The van der Waals surface area contributed by atoms with Crippen molar-refractivity contribution in [2.45, 2.75) is 25.4 Å². The highest BCUT2D eigenvalue weighted by atomic mass is 16.1. The topological polar surface area (TPSA) is 20.3 Å². The van der Waals surface area contributed by atoms with Crippen molar-refractivity contribution in [2.24, 2.45) is 0 Å². The number of carbonyl (C=O) groups is 1. The van der Waals surface area contributed by atoms with Gasteiger partial charge in [-0.25, -0.2) is 0 Å². The van der Waals surface area contributed by atoms with Crippen molar-refractivity contribution in [3.05, 3.63) is 35.9 Å². The average molecular weight is 189 g/mol. The number of hydrogen-bond acceptors (Lipinski definition) is 2. The van der Waals surface area contributed by atoms with Crippen LogP contribution in [0.5, 0.6) is 0 Å². The first kappa shape index (κ1) is 9.41. The second-order valence-electron chi connectivity index (χ2n) is 3.80. The molecule has 1 aliphatic heterocycles. The van der Waals surface area contributed by atoms with Gasteiger partial charge in [-0.15, -0.1) is 0 Å². The molecule has 1 aromatic rings. The molecule has 0 amide bonds. The standard InChI is InChI=1S/C12H15NO/c14-10-12-7-4-8-13(12)9-11-5-2-1-3-6-11/h1-3,5-6,10,12H,4,7-9H2/t12-/m0/s1. The molecule has 0 bridgehead atoms. The molecular weight excluding hydrogens is 174 g/mol. The molecule has 0 spiro atoms. The Balaban J connectivity index is 2.00. The summed E-state index contributed by atoms with van der Waals surface area (Å²) < 4.78 is 0. The van der Waals surface area contributed by atoms with E-state index >= 15 is 0 Å². The van der Waals surface area contributed by atoms with Crippen LogP contribution in [0.1, 0.15) is 18.4 Å². The van der Waals surface area contributed by atoms with Gasteiger partial charge in [0.1, 0.15) is 6.29 Å². The zero-order valence-electron chi connectivity index (χ0n) is 8.23. The maximum absolute atomic E-state index is 10.8. The van der Waals surface area contributed by atoms with Crippen LogP contribution in [0.2, 0.25) is 0 Å². The Morgan fingerprint density at radius 2 is 2.14 bits per heavy atom. The van der Waals surface area contributed by atoms with Crippen molar-refractivity contribution >= 4 is 6.29 Å². The number of hydrogen-bond donors (Lipinski definition) is 0. The van der Waals surface area contributed by atoms with Crippen LogP contribution in [0, 0.1) is 0 Å². The number of carbonyl (C=O) groups excluding carboxylic acids is 1. The first-order valence-corrected chi connectivity index (χ1v) is 5.13. The average Bonchev–Trinajstić information content (AvgIpc) is 2.67. The van der Waals surface area contributed by atoms with Crippen molar-refractivity contribution in [3.8, 4) is 0 Å². The van der Waals surface area contributed by atoms with Crippen molar-refractivity contribution in [3.63, 3.8) is 0 Å². The highest BCUT2D eigenvalue weighted by Gasteiger charge is 2.23. The summed E-state index contributed by atoms with van der Waals surface area (Å²) in [5.74, 6) is 0. The quantitative estimate of drug-likeness (QED) is 0.676. The van der Waals surface area contributed by atoms with Crippen LogP contribution in [0.15, 0.2) is 30.3 Å². The molecule has 1 aromatic carbocycles. The van der Waals surface area contributed by atoms with Gasteiger partial charge < -0.3 is 4.79 Å². The largest absolute Gasteiger partial charge is 0.302 e. The van der Waals surface area contributed by atoms with Crippen molar-refractivity contribution < 1.29 is 4.79 Å². The van der Waals surface area contributed by atoms with Gasteiger partial charge >= 0.3 is 0 Å². The summed E-state index contributed by atoms with van der Waals surface area (Å²) in [4.78, 5) is 13.0. The van der Waals surface area contributed by atoms with Gasteiger partial charge in [-0.05, 0) is 24.9 Å². The lowest BCUT2D eigenvalue weighted by Crippen LogP contribution is -2.29. The van der Waals surface area contributed by atoms with Crippen molar-refractivity contribution in [2.75, 3.05) is 6.54 Å². The fourth-order valence-electron chi connectivity index (χ4n) is 2.02. The lowest BCUT2D eigenvalue weighted by molar-refractivity contribution is -0.111. The first-order chi connectivity index (χ1) is 6.90. The molecule has 1 fully saturated rings. The van der Waals surface area contributed by atoms with E-state index in [0.717, 1.165) is 32.2 Å². The smallest absolute Gasteiger partial charge is 0.137 e. The van der Waals surface area contributed by atoms with E-state index in [1.807, 2.05) is 18.2 Å². The minimum atomic E-state index is 0.148. The molecule has 0 aliphatic carbocycles. The summed E-state index contributed by atoms with van der Waals surface area (Å²) in [5, 5.41) is 0. The molecule has 0 radical (unpaired) electrons. The van der Waals surface area contributed by atoms with Crippen LogP contribution in [0.25, 0.3) is 0 Å². The van der Waals surface area contributed by atoms with E-state index < -0.39 is 0 Å². The third-order valence-electron chi connectivity index (χ3n) is 2.80. The number of aldehydes is 1. The summed E-state index contributed by atoms with van der Waals surface area (Å²) in [5.41, 5.74) is 1.29. The summed E-state index contributed by atoms with van der Waals surface area (Å²) in [7, 11) is 0. The molecule has 74 valence electrons. The minimum absolute atomic E-state index is 0.148. The first-order valence-electron chi connectivity index (χ1n) is 5.13. The van der Waals surface area contributed by atoms with Crippen LogP contribution in [-0.4, -0.2) is 23.8 Å². The predicted molar refractivity (Wildman–Crippen MR) is 55.9 cm³/mol. The maximum Gasteiger partial charge on any atom is 0.137 e. The molecule has 14 heavy (non-hydrogen) atoms. The minimum Gasteiger partial charge on any atom is -0.302 e. The van der Waals surface area contributed by atoms with Crippen LogP contribution in [-0.2, 0) is 11.3 Å². The van der Waals surface area contributed by atoms with Crippen molar-refractivity contribution in [1.29, 1.82) is 0 Å². The monoisotopic (exact) mass is 189 g/mol. The SMILES string of the molecule is O=C[C@@H]1CCCN1Cc1ccccc1. The highest BCUT2D eigenvalue weighted by Crippen LogP contribution is 2.18. The van der Waals surface area contributed by atoms with E-state index in [4.69, 9.17) is 0 Å². The summed E-state index contributed by atoms with van der Waals surface area (Å²) in [6.07, 6.45) is 3.25. The van der Waals surface area contributed by atoms with Crippen LogP contribution >= 0.6 is 0 Å². The lowest BCUT2D eigenvalue weighted by Gasteiger charge is -2.19. The molecule has 1 heterocycles. The van der Waals surface area contributed by atoms with Gasteiger partial charge in [0.25, 0.3) is 0 Å². The molecular formula is C12H15NO. The Bertz CT molecular complexity index is 296. The van der Waals surface area contributed by atoms with Crippen LogP contribution < -0.4 is 0 Å². The van der Waals surface area contributed by atoms with E-state index in [1.54, 1.807) is 0 Å². The number of rotatable bonds is 3. The van der Waals surface area contributed by atoms with E-state index in [1.165, 1.54) is 5.56 Å². The van der Waals surface area contributed by atoms with Gasteiger partial charge in [-0.1, -0.05) is 30.3 Å². The fourth-order valence-corrected chi connectivity index (χ4v) is 2.02.